The predicted octanol–water partition coefficient (Wildman–Crippen LogP) is 4.19. The van der Waals surface area contributed by atoms with Crippen molar-refractivity contribution >= 4 is 17.5 Å². The summed E-state index contributed by atoms with van der Waals surface area (Å²) in [7, 11) is 0. The summed E-state index contributed by atoms with van der Waals surface area (Å²) in [5.74, 6) is -0.548. The summed E-state index contributed by atoms with van der Waals surface area (Å²) in [5, 5.41) is 5.37. The standard InChI is InChI=1S/C21H26N2O2/c1-14(2)17-11-9-16(10-12-17)13-22-20(24)21(25)23-19-8-6-5-7-18(19)15(3)4/h5-12,14-15H,13H2,1-4H3,(H,22,24)(H,23,25). The number of amides is 2. The summed E-state index contributed by atoms with van der Waals surface area (Å²) >= 11 is 0. The Labute approximate surface area is 149 Å². The fourth-order valence-corrected chi connectivity index (χ4v) is 2.58. The van der Waals surface area contributed by atoms with Gasteiger partial charge in [-0.3, -0.25) is 9.59 Å². The van der Waals surface area contributed by atoms with Crippen LogP contribution in [0.4, 0.5) is 5.69 Å². The van der Waals surface area contributed by atoms with Crippen LogP contribution in [0.1, 0.15) is 56.2 Å². The van der Waals surface area contributed by atoms with Crippen molar-refractivity contribution in [1.29, 1.82) is 0 Å². The minimum atomic E-state index is -0.646. The van der Waals surface area contributed by atoms with Crippen LogP contribution in [-0.4, -0.2) is 11.8 Å². The molecule has 0 spiro atoms. The van der Waals surface area contributed by atoms with E-state index in [0.717, 1.165) is 11.1 Å². The number of hydrogen-bond acceptors (Lipinski definition) is 2. The van der Waals surface area contributed by atoms with Gasteiger partial charge in [0.1, 0.15) is 0 Å². The second kappa shape index (κ2) is 8.47. The molecule has 0 saturated carbocycles. The van der Waals surface area contributed by atoms with E-state index in [0.29, 0.717) is 18.2 Å². The Hall–Kier alpha value is -2.62. The Kier molecular flexibility index (Phi) is 6.34. The van der Waals surface area contributed by atoms with Gasteiger partial charge in [-0.25, -0.2) is 0 Å². The topological polar surface area (TPSA) is 58.2 Å². The van der Waals surface area contributed by atoms with E-state index < -0.39 is 11.8 Å². The molecule has 0 radical (unpaired) electrons. The van der Waals surface area contributed by atoms with Crippen LogP contribution in [-0.2, 0) is 16.1 Å². The Morgan fingerprint density at radius 3 is 2.08 bits per heavy atom. The van der Waals surface area contributed by atoms with Gasteiger partial charge in [0.05, 0.1) is 0 Å². The fraction of sp³-hybridized carbons (Fsp3) is 0.333. The molecule has 2 N–H and O–H groups in total. The first-order chi connectivity index (χ1) is 11.9. The Balaban J connectivity index is 1.94. The van der Waals surface area contributed by atoms with Crippen LogP contribution < -0.4 is 10.6 Å². The number of carbonyl (C=O) groups excluding carboxylic acids is 2. The van der Waals surface area contributed by atoms with Gasteiger partial charge >= 0.3 is 11.8 Å². The molecule has 4 heteroatoms. The molecular formula is C21H26N2O2. The van der Waals surface area contributed by atoms with Crippen molar-refractivity contribution in [3.05, 3.63) is 65.2 Å². The second-order valence-corrected chi connectivity index (χ2v) is 6.78. The van der Waals surface area contributed by atoms with Crippen molar-refractivity contribution in [1.82, 2.24) is 5.32 Å². The number of carbonyl (C=O) groups is 2. The Morgan fingerprint density at radius 1 is 0.840 bits per heavy atom. The van der Waals surface area contributed by atoms with Crippen LogP contribution in [0.2, 0.25) is 0 Å². The van der Waals surface area contributed by atoms with E-state index in [2.05, 4.69) is 24.5 Å². The molecule has 2 aromatic carbocycles. The van der Waals surface area contributed by atoms with Gasteiger partial charge in [-0.1, -0.05) is 70.2 Å². The maximum absolute atomic E-state index is 12.1. The summed E-state index contributed by atoms with van der Waals surface area (Å²) in [6.45, 7) is 8.69. The fourth-order valence-electron chi connectivity index (χ4n) is 2.58. The van der Waals surface area contributed by atoms with E-state index in [1.165, 1.54) is 5.56 Å². The molecule has 0 heterocycles. The van der Waals surface area contributed by atoms with Gasteiger partial charge in [0.15, 0.2) is 0 Å². The first-order valence-corrected chi connectivity index (χ1v) is 8.65. The molecule has 132 valence electrons. The lowest BCUT2D eigenvalue weighted by molar-refractivity contribution is -0.136. The average molecular weight is 338 g/mol. The van der Waals surface area contributed by atoms with Crippen molar-refractivity contribution < 1.29 is 9.59 Å². The third-order valence-electron chi connectivity index (χ3n) is 4.14. The van der Waals surface area contributed by atoms with E-state index in [9.17, 15) is 9.59 Å². The van der Waals surface area contributed by atoms with Crippen LogP contribution in [0.15, 0.2) is 48.5 Å². The number of anilines is 1. The molecule has 0 unspecified atom stereocenters. The highest BCUT2D eigenvalue weighted by Gasteiger charge is 2.15. The average Bonchev–Trinajstić information content (AvgIpc) is 2.60. The summed E-state index contributed by atoms with van der Waals surface area (Å²) in [4.78, 5) is 24.2. The van der Waals surface area contributed by atoms with Gasteiger partial charge in [-0.2, -0.15) is 0 Å². The SMILES string of the molecule is CC(C)c1ccc(CNC(=O)C(=O)Nc2ccccc2C(C)C)cc1. The van der Waals surface area contributed by atoms with E-state index >= 15 is 0 Å². The molecule has 0 bridgehead atoms. The minimum absolute atomic E-state index is 0.263. The zero-order valence-corrected chi connectivity index (χ0v) is 15.3. The van der Waals surface area contributed by atoms with Gasteiger partial charge in [0.25, 0.3) is 0 Å². The van der Waals surface area contributed by atoms with Gasteiger partial charge < -0.3 is 10.6 Å². The summed E-state index contributed by atoms with van der Waals surface area (Å²) < 4.78 is 0. The lowest BCUT2D eigenvalue weighted by atomic mass is 10.0. The molecule has 0 aliphatic rings. The van der Waals surface area contributed by atoms with Crippen LogP contribution in [0.5, 0.6) is 0 Å². The quantitative estimate of drug-likeness (QED) is 0.803. The molecule has 2 amide bonds. The smallest absolute Gasteiger partial charge is 0.313 e. The van der Waals surface area contributed by atoms with Gasteiger partial charge in [-0.15, -0.1) is 0 Å². The zero-order valence-electron chi connectivity index (χ0n) is 15.3. The van der Waals surface area contributed by atoms with Gasteiger partial charge in [0, 0.05) is 12.2 Å². The highest BCUT2D eigenvalue weighted by atomic mass is 16.2. The summed E-state index contributed by atoms with van der Waals surface area (Å²) in [6, 6.07) is 15.6. The number of benzene rings is 2. The number of nitrogens with one attached hydrogen (secondary N) is 2. The van der Waals surface area contributed by atoms with Crippen molar-refractivity contribution in [3.8, 4) is 0 Å². The van der Waals surface area contributed by atoms with Crippen molar-refractivity contribution in [2.45, 2.75) is 46.1 Å². The third-order valence-corrected chi connectivity index (χ3v) is 4.14. The molecule has 25 heavy (non-hydrogen) atoms. The molecule has 0 fully saturated rings. The normalized spacial score (nSPS) is 10.8. The first-order valence-electron chi connectivity index (χ1n) is 8.65. The number of rotatable bonds is 5. The van der Waals surface area contributed by atoms with Crippen molar-refractivity contribution in [2.24, 2.45) is 0 Å². The van der Waals surface area contributed by atoms with Gasteiger partial charge in [-0.05, 0) is 34.6 Å². The monoisotopic (exact) mass is 338 g/mol. The zero-order chi connectivity index (χ0) is 18.4. The highest BCUT2D eigenvalue weighted by Crippen LogP contribution is 2.23. The van der Waals surface area contributed by atoms with E-state index in [-0.39, 0.29) is 5.92 Å². The Bertz CT molecular complexity index is 734. The summed E-state index contributed by atoms with van der Waals surface area (Å²) in [5.41, 5.74) is 3.90. The maximum atomic E-state index is 12.1. The van der Waals surface area contributed by atoms with Crippen LogP contribution in [0.3, 0.4) is 0 Å². The predicted molar refractivity (Wildman–Crippen MR) is 102 cm³/mol. The molecule has 2 rings (SSSR count). The molecule has 0 atom stereocenters. The third kappa shape index (κ3) is 5.18. The molecular weight excluding hydrogens is 312 g/mol. The Morgan fingerprint density at radius 2 is 1.48 bits per heavy atom. The summed E-state index contributed by atoms with van der Waals surface area (Å²) in [6.07, 6.45) is 0. The largest absolute Gasteiger partial charge is 0.344 e. The van der Waals surface area contributed by atoms with E-state index in [4.69, 9.17) is 0 Å². The van der Waals surface area contributed by atoms with Crippen LogP contribution >= 0.6 is 0 Å². The minimum Gasteiger partial charge on any atom is -0.344 e. The van der Waals surface area contributed by atoms with Crippen LogP contribution in [0, 0.1) is 0 Å². The lowest BCUT2D eigenvalue weighted by Gasteiger charge is -2.13. The number of hydrogen-bond donors (Lipinski definition) is 2. The molecule has 0 aliphatic carbocycles. The van der Waals surface area contributed by atoms with Crippen molar-refractivity contribution in [3.63, 3.8) is 0 Å². The van der Waals surface area contributed by atoms with Gasteiger partial charge in [0.2, 0.25) is 0 Å². The molecule has 0 saturated heterocycles. The van der Waals surface area contributed by atoms with Crippen molar-refractivity contribution in [2.75, 3.05) is 5.32 Å². The molecule has 0 aromatic heterocycles. The van der Waals surface area contributed by atoms with E-state index in [1.54, 1.807) is 0 Å². The number of para-hydroxylation sites is 1. The lowest BCUT2D eigenvalue weighted by Crippen LogP contribution is -2.35. The molecule has 4 nitrogen and oxygen atoms in total. The molecule has 2 aromatic rings. The molecule has 0 aliphatic heterocycles. The first kappa shape index (κ1) is 18.7. The van der Waals surface area contributed by atoms with E-state index in [1.807, 2.05) is 62.4 Å². The van der Waals surface area contributed by atoms with Crippen LogP contribution in [0.25, 0.3) is 0 Å². The second-order valence-electron chi connectivity index (χ2n) is 6.78. The highest BCUT2D eigenvalue weighted by molar-refractivity contribution is 6.39. The maximum Gasteiger partial charge on any atom is 0.313 e.